The first-order chi connectivity index (χ1) is 27.6. The molecule has 17 heteroatoms. The van der Waals surface area contributed by atoms with Crippen molar-refractivity contribution in [3.05, 3.63) is 72.1 Å². The quantitative estimate of drug-likeness (QED) is 0.241. The second kappa shape index (κ2) is 13.7. The van der Waals surface area contributed by atoms with E-state index in [1.54, 1.807) is 30.4 Å². The molecule has 2 aromatic carbocycles. The van der Waals surface area contributed by atoms with Gasteiger partial charge < -0.3 is 29.3 Å². The van der Waals surface area contributed by atoms with E-state index in [0.29, 0.717) is 77.5 Å². The third-order valence-electron chi connectivity index (χ3n) is 11.9. The molecular formula is C40H41F3N12O2. The number of imidazole rings is 1. The van der Waals surface area contributed by atoms with Gasteiger partial charge in [-0.05, 0) is 70.2 Å². The van der Waals surface area contributed by atoms with Crippen LogP contribution in [0.3, 0.4) is 0 Å². The summed E-state index contributed by atoms with van der Waals surface area (Å²) in [6, 6.07) is 7.53. The summed E-state index contributed by atoms with van der Waals surface area (Å²) in [6.45, 7) is 5.14. The van der Waals surface area contributed by atoms with Crippen LogP contribution in [0.2, 0.25) is 0 Å². The number of halogens is 3. The molecular weight excluding hydrogens is 738 g/mol. The minimum absolute atomic E-state index is 0.0476. The van der Waals surface area contributed by atoms with Crippen molar-refractivity contribution in [1.82, 2.24) is 44.2 Å². The Kier molecular flexibility index (Phi) is 8.53. The second-order valence-corrected chi connectivity index (χ2v) is 15.5. The molecule has 5 unspecified atom stereocenters. The van der Waals surface area contributed by atoms with Gasteiger partial charge in [0.15, 0.2) is 11.5 Å². The molecule has 1 N–H and O–H groups in total. The molecule has 6 aromatic rings. The number of hydrogen-bond acceptors (Lipinski definition) is 11. The number of piperidine rings is 1. The minimum Gasteiger partial charge on any atom is -0.375 e. The summed E-state index contributed by atoms with van der Waals surface area (Å²) in [6.07, 6.45) is 7.36. The van der Waals surface area contributed by atoms with Crippen LogP contribution in [0.15, 0.2) is 48.8 Å². The van der Waals surface area contributed by atoms with E-state index in [1.165, 1.54) is 28.9 Å². The number of benzene rings is 2. The zero-order valence-electron chi connectivity index (χ0n) is 31.7. The molecule has 10 rings (SSSR count). The van der Waals surface area contributed by atoms with Gasteiger partial charge in [0.25, 0.3) is 0 Å². The first-order valence-electron chi connectivity index (χ1n) is 19.5. The maximum absolute atomic E-state index is 15.3. The number of carbonyl (C=O) groups excluding carboxylic acids is 1. The average Bonchev–Trinajstić information content (AvgIpc) is 3.89. The van der Waals surface area contributed by atoms with Crippen LogP contribution in [0.1, 0.15) is 44.9 Å². The van der Waals surface area contributed by atoms with Gasteiger partial charge in [0.2, 0.25) is 17.8 Å². The molecule has 6 bridgehead atoms. The molecule has 57 heavy (non-hydrogen) atoms. The lowest BCUT2D eigenvalue weighted by Crippen LogP contribution is -2.59. The zero-order valence-corrected chi connectivity index (χ0v) is 31.7. The zero-order chi connectivity index (χ0) is 39.1. The van der Waals surface area contributed by atoms with Crippen molar-refractivity contribution in [2.75, 3.05) is 41.9 Å². The molecule has 8 heterocycles. The Morgan fingerprint density at radius 1 is 0.947 bits per heavy atom. The molecule has 1 amide bonds. The summed E-state index contributed by atoms with van der Waals surface area (Å²) in [4.78, 5) is 45.0. The van der Waals surface area contributed by atoms with Crippen molar-refractivity contribution in [3.8, 4) is 16.9 Å². The number of amides is 1. The molecule has 0 radical (unpaired) electrons. The van der Waals surface area contributed by atoms with E-state index in [1.807, 2.05) is 23.3 Å². The minimum atomic E-state index is -0.779. The van der Waals surface area contributed by atoms with Crippen LogP contribution >= 0.6 is 0 Å². The third-order valence-corrected chi connectivity index (χ3v) is 11.9. The number of anilines is 3. The first kappa shape index (κ1) is 35.6. The number of ether oxygens (including phenoxy) is 1. The van der Waals surface area contributed by atoms with E-state index in [4.69, 9.17) is 24.7 Å². The fraction of sp³-hybridized carbons (Fsp3) is 0.425. The SMILES string of the molecule is CCOC1CN(C)C(=O)C2CC(CN2c2nc(N3C4CCCC3C4)nc3c2cnn3-c2ccc(F)cc2F)Nc2nccc(n2)-c2cc(F)cc3nc(C)n(c23)C1. The van der Waals surface area contributed by atoms with Crippen LogP contribution in [-0.2, 0) is 16.1 Å². The molecule has 0 saturated carbocycles. The van der Waals surface area contributed by atoms with E-state index in [9.17, 15) is 9.18 Å². The van der Waals surface area contributed by atoms with E-state index in [2.05, 4.69) is 20.3 Å². The lowest BCUT2D eigenvalue weighted by Gasteiger charge is -2.53. The molecule has 0 aliphatic carbocycles. The van der Waals surface area contributed by atoms with Crippen molar-refractivity contribution in [2.24, 2.45) is 0 Å². The molecule has 294 valence electrons. The Morgan fingerprint density at radius 2 is 1.79 bits per heavy atom. The number of carbonyl (C=O) groups is 1. The van der Waals surface area contributed by atoms with Gasteiger partial charge in [-0.25, -0.2) is 32.8 Å². The number of aryl methyl sites for hydroxylation is 1. The predicted molar refractivity (Wildman–Crippen MR) is 207 cm³/mol. The maximum Gasteiger partial charge on any atom is 0.245 e. The number of hydrogen-bond donors (Lipinski definition) is 1. The maximum atomic E-state index is 15.3. The number of nitrogens with zero attached hydrogens (tertiary/aromatic N) is 11. The van der Waals surface area contributed by atoms with Crippen LogP contribution < -0.4 is 15.1 Å². The normalized spacial score (nSPS) is 23.4. The lowest BCUT2D eigenvalue weighted by molar-refractivity contribution is -0.133. The van der Waals surface area contributed by atoms with Crippen LogP contribution in [0.4, 0.5) is 30.9 Å². The van der Waals surface area contributed by atoms with Crippen molar-refractivity contribution < 1.29 is 22.7 Å². The molecule has 4 aliphatic heterocycles. The summed E-state index contributed by atoms with van der Waals surface area (Å²) in [5, 5.41) is 8.55. The predicted octanol–water partition coefficient (Wildman–Crippen LogP) is 5.42. The van der Waals surface area contributed by atoms with E-state index >= 15 is 8.78 Å². The number of fused-ring (bicyclic) bond motifs is 8. The molecule has 14 nitrogen and oxygen atoms in total. The lowest BCUT2D eigenvalue weighted by atomic mass is 9.80. The van der Waals surface area contributed by atoms with Crippen molar-refractivity contribution >= 4 is 45.7 Å². The molecule has 3 saturated heterocycles. The fourth-order valence-electron chi connectivity index (χ4n) is 9.37. The van der Waals surface area contributed by atoms with E-state index in [0.717, 1.165) is 37.3 Å². The summed E-state index contributed by atoms with van der Waals surface area (Å²) < 4.78 is 54.2. The van der Waals surface area contributed by atoms with Gasteiger partial charge in [0.05, 0.1) is 41.0 Å². The molecule has 4 aliphatic rings. The Morgan fingerprint density at radius 3 is 2.58 bits per heavy atom. The number of nitrogens with one attached hydrogen (secondary N) is 1. The second-order valence-electron chi connectivity index (χ2n) is 15.5. The van der Waals surface area contributed by atoms with Gasteiger partial charge >= 0.3 is 0 Å². The third kappa shape index (κ3) is 6.01. The Labute approximate surface area is 325 Å². The smallest absolute Gasteiger partial charge is 0.245 e. The number of aromatic nitrogens is 8. The summed E-state index contributed by atoms with van der Waals surface area (Å²) in [7, 11) is 1.77. The van der Waals surface area contributed by atoms with Crippen molar-refractivity contribution in [3.63, 3.8) is 0 Å². The number of likely N-dealkylation sites (N-methyl/N-ethyl adjacent to an activating group) is 1. The highest BCUT2D eigenvalue weighted by Crippen LogP contribution is 2.43. The standard InChI is InChI=1S/C40H41F3N12O2/c1-4-57-27-19-51(3)38(56)34-15-24(47-39-44-11-10-31(48-39)28-12-23(42)14-32-35(28)52(20-27)21(2)46-32)18-53(34)36-29-17-45-55(33-9-8-22(41)13-30(33)43)37(29)50-40(49-36)54-25-6-5-7-26(54)16-25/h8-14,17,24-27,34H,4-7,15-16,18-20H2,1-3H3,(H,44,47,48). The molecule has 0 spiro atoms. The first-order valence-corrected chi connectivity index (χ1v) is 19.5. The van der Waals surface area contributed by atoms with Crippen molar-refractivity contribution in [1.29, 1.82) is 0 Å². The summed E-state index contributed by atoms with van der Waals surface area (Å²) in [5.74, 6) is -0.0826. The molecule has 4 aromatic heterocycles. The number of rotatable bonds is 5. The van der Waals surface area contributed by atoms with Gasteiger partial charge in [-0.1, -0.05) is 0 Å². The summed E-state index contributed by atoms with van der Waals surface area (Å²) in [5.41, 5.74) is 2.70. The van der Waals surface area contributed by atoms with Crippen LogP contribution in [0.5, 0.6) is 0 Å². The molecule has 5 atom stereocenters. The van der Waals surface area contributed by atoms with E-state index < -0.39 is 29.6 Å². The largest absolute Gasteiger partial charge is 0.375 e. The monoisotopic (exact) mass is 778 g/mol. The van der Waals surface area contributed by atoms with E-state index in [-0.39, 0.29) is 36.3 Å². The van der Waals surface area contributed by atoms with Crippen LogP contribution in [0, 0.1) is 24.4 Å². The highest BCUT2D eigenvalue weighted by Gasteiger charge is 2.45. The summed E-state index contributed by atoms with van der Waals surface area (Å²) >= 11 is 0. The molecule has 3 fully saturated rings. The van der Waals surface area contributed by atoms with Gasteiger partial charge in [0, 0.05) is 68.8 Å². The fourth-order valence-corrected chi connectivity index (χ4v) is 9.37. The topological polar surface area (TPSA) is 135 Å². The highest BCUT2D eigenvalue weighted by molar-refractivity contribution is 5.94. The van der Waals surface area contributed by atoms with Crippen molar-refractivity contribution in [2.45, 2.75) is 82.8 Å². The highest BCUT2D eigenvalue weighted by atomic mass is 19.1. The van der Waals surface area contributed by atoms with Gasteiger partial charge in [0.1, 0.15) is 35.0 Å². The van der Waals surface area contributed by atoms with Crippen LogP contribution in [0.25, 0.3) is 39.0 Å². The Bertz CT molecular complexity index is 2550. The van der Waals surface area contributed by atoms with Gasteiger partial charge in [-0.2, -0.15) is 15.1 Å². The van der Waals surface area contributed by atoms with Gasteiger partial charge in [-0.15, -0.1) is 0 Å². The van der Waals surface area contributed by atoms with Gasteiger partial charge in [-0.3, -0.25) is 4.79 Å². The van der Waals surface area contributed by atoms with Crippen LogP contribution in [-0.4, -0.2) is 107 Å². The Balaban J connectivity index is 1.11. The average molecular weight is 779 g/mol. The Hall–Kier alpha value is -5.84.